The van der Waals surface area contributed by atoms with E-state index in [4.69, 9.17) is 4.74 Å². The molecule has 0 aliphatic carbocycles. The number of esters is 1. The SMILES string of the molecule is CC(/C=C/C(=O)OC(C)(C)C)C(F)(F)F. The summed E-state index contributed by atoms with van der Waals surface area (Å²) in [5.74, 6) is -2.41. The number of allylic oxidation sites excluding steroid dienone is 1. The lowest BCUT2D eigenvalue weighted by Gasteiger charge is -2.18. The molecule has 0 saturated carbocycles. The van der Waals surface area contributed by atoms with Crippen LogP contribution in [0.5, 0.6) is 0 Å². The van der Waals surface area contributed by atoms with Gasteiger partial charge in [0.2, 0.25) is 0 Å². The van der Waals surface area contributed by atoms with E-state index >= 15 is 0 Å². The van der Waals surface area contributed by atoms with Crippen molar-refractivity contribution in [2.24, 2.45) is 5.92 Å². The Morgan fingerprint density at radius 2 is 1.73 bits per heavy atom. The van der Waals surface area contributed by atoms with Gasteiger partial charge in [0, 0.05) is 6.08 Å². The summed E-state index contributed by atoms with van der Waals surface area (Å²) in [6.07, 6.45) is -2.73. The summed E-state index contributed by atoms with van der Waals surface area (Å²) in [6.45, 7) is 5.91. The molecule has 0 heterocycles. The third-order valence-electron chi connectivity index (χ3n) is 1.44. The summed E-state index contributed by atoms with van der Waals surface area (Å²) in [5.41, 5.74) is -0.692. The average Bonchev–Trinajstić information content (AvgIpc) is 1.94. The second-order valence-electron chi connectivity index (χ2n) is 4.22. The Bertz CT molecular complexity index is 248. The van der Waals surface area contributed by atoms with Gasteiger partial charge in [-0.3, -0.25) is 0 Å². The highest BCUT2D eigenvalue weighted by atomic mass is 19.4. The zero-order valence-corrected chi connectivity index (χ0v) is 9.18. The minimum absolute atomic E-state index is 0.692. The van der Waals surface area contributed by atoms with E-state index in [0.29, 0.717) is 0 Å². The van der Waals surface area contributed by atoms with E-state index in [-0.39, 0.29) is 0 Å². The molecule has 0 aliphatic rings. The molecule has 0 aromatic rings. The first-order valence-electron chi connectivity index (χ1n) is 4.50. The molecule has 5 heteroatoms. The second-order valence-corrected chi connectivity index (χ2v) is 4.22. The van der Waals surface area contributed by atoms with Crippen LogP contribution in [0, 0.1) is 5.92 Å². The Morgan fingerprint density at radius 3 is 2.07 bits per heavy atom. The van der Waals surface area contributed by atoms with Crippen LogP contribution in [0.25, 0.3) is 0 Å². The van der Waals surface area contributed by atoms with Crippen LogP contribution in [0.3, 0.4) is 0 Å². The normalized spacial score (nSPS) is 15.4. The number of hydrogen-bond acceptors (Lipinski definition) is 2. The lowest BCUT2D eigenvalue weighted by atomic mass is 10.1. The molecule has 2 nitrogen and oxygen atoms in total. The predicted octanol–water partition coefficient (Wildman–Crippen LogP) is 3.08. The highest BCUT2D eigenvalue weighted by Crippen LogP contribution is 2.26. The average molecular weight is 224 g/mol. The minimum atomic E-state index is -4.32. The van der Waals surface area contributed by atoms with Crippen LogP contribution in [-0.4, -0.2) is 17.7 Å². The molecular weight excluding hydrogens is 209 g/mol. The molecule has 0 fully saturated rings. The third kappa shape index (κ3) is 6.99. The van der Waals surface area contributed by atoms with Crippen LogP contribution in [0.4, 0.5) is 13.2 Å². The lowest BCUT2D eigenvalue weighted by molar-refractivity contribution is -0.156. The molecule has 1 atom stereocenters. The maximum atomic E-state index is 12.0. The van der Waals surface area contributed by atoms with Gasteiger partial charge in [0.05, 0.1) is 5.92 Å². The van der Waals surface area contributed by atoms with Crippen LogP contribution in [0.15, 0.2) is 12.2 Å². The molecule has 0 N–H and O–H groups in total. The summed E-state index contributed by atoms with van der Waals surface area (Å²) in [7, 11) is 0. The summed E-state index contributed by atoms with van der Waals surface area (Å²) in [4.78, 5) is 11.0. The van der Waals surface area contributed by atoms with E-state index in [1.165, 1.54) is 0 Å². The number of ether oxygens (including phenoxy) is 1. The molecule has 0 saturated heterocycles. The van der Waals surface area contributed by atoms with Crippen molar-refractivity contribution < 1.29 is 22.7 Å². The lowest BCUT2D eigenvalue weighted by Crippen LogP contribution is -2.23. The topological polar surface area (TPSA) is 26.3 Å². The number of carbonyl (C=O) groups excluding carboxylic acids is 1. The van der Waals surface area contributed by atoms with Crippen LogP contribution < -0.4 is 0 Å². The summed E-state index contributed by atoms with van der Waals surface area (Å²) < 4.78 is 40.9. The highest BCUT2D eigenvalue weighted by molar-refractivity contribution is 5.82. The van der Waals surface area contributed by atoms with Gasteiger partial charge in [-0.15, -0.1) is 0 Å². The first kappa shape index (κ1) is 14.0. The molecule has 0 aromatic carbocycles. The zero-order chi connectivity index (χ0) is 12.3. The van der Waals surface area contributed by atoms with E-state index in [1.54, 1.807) is 20.8 Å². The predicted molar refractivity (Wildman–Crippen MR) is 50.2 cm³/mol. The van der Waals surface area contributed by atoms with Crippen LogP contribution in [0.1, 0.15) is 27.7 Å². The van der Waals surface area contributed by atoms with Gasteiger partial charge in [-0.05, 0) is 20.8 Å². The summed E-state index contributed by atoms with van der Waals surface area (Å²) in [5, 5.41) is 0. The van der Waals surface area contributed by atoms with Gasteiger partial charge >= 0.3 is 12.1 Å². The highest BCUT2D eigenvalue weighted by Gasteiger charge is 2.34. The van der Waals surface area contributed by atoms with Crippen molar-refractivity contribution in [1.82, 2.24) is 0 Å². The van der Waals surface area contributed by atoms with Gasteiger partial charge in [0.25, 0.3) is 0 Å². The van der Waals surface area contributed by atoms with Gasteiger partial charge in [0.15, 0.2) is 0 Å². The fourth-order valence-electron chi connectivity index (χ4n) is 0.668. The van der Waals surface area contributed by atoms with Crippen molar-refractivity contribution in [3.8, 4) is 0 Å². The monoisotopic (exact) mass is 224 g/mol. The molecule has 0 radical (unpaired) electrons. The maximum absolute atomic E-state index is 12.0. The molecule has 0 aromatic heterocycles. The number of halogens is 3. The third-order valence-corrected chi connectivity index (χ3v) is 1.44. The van der Waals surface area contributed by atoms with Crippen molar-refractivity contribution in [3.05, 3.63) is 12.2 Å². The Morgan fingerprint density at radius 1 is 1.27 bits per heavy atom. The van der Waals surface area contributed by atoms with E-state index in [9.17, 15) is 18.0 Å². The number of rotatable bonds is 2. The van der Waals surface area contributed by atoms with Gasteiger partial charge in [-0.2, -0.15) is 13.2 Å². The Labute approximate surface area is 87.1 Å². The maximum Gasteiger partial charge on any atom is 0.394 e. The van der Waals surface area contributed by atoms with Gasteiger partial charge < -0.3 is 4.74 Å². The fourth-order valence-corrected chi connectivity index (χ4v) is 0.668. The van der Waals surface area contributed by atoms with Crippen molar-refractivity contribution in [2.75, 3.05) is 0 Å². The molecular formula is C10H15F3O2. The van der Waals surface area contributed by atoms with Crippen molar-refractivity contribution in [1.29, 1.82) is 0 Å². The zero-order valence-electron chi connectivity index (χ0n) is 9.18. The van der Waals surface area contributed by atoms with Crippen molar-refractivity contribution in [2.45, 2.75) is 39.5 Å². The van der Waals surface area contributed by atoms with Gasteiger partial charge in [-0.25, -0.2) is 4.79 Å². The van der Waals surface area contributed by atoms with Crippen LogP contribution in [0.2, 0.25) is 0 Å². The Kier molecular flexibility index (Phi) is 4.37. The first-order valence-corrected chi connectivity index (χ1v) is 4.50. The molecule has 15 heavy (non-hydrogen) atoms. The van der Waals surface area contributed by atoms with E-state index in [0.717, 1.165) is 19.1 Å². The molecule has 0 rings (SSSR count). The quantitative estimate of drug-likeness (QED) is 0.532. The second kappa shape index (κ2) is 4.68. The minimum Gasteiger partial charge on any atom is -0.457 e. The van der Waals surface area contributed by atoms with Crippen molar-refractivity contribution in [3.63, 3.8) is 0 Å². The molecule has 88 valence electrons. The standard InChI is InChI=1S/C10H15F3O2/c1-7(10(11,12)13)5-6-8(14)15-9(2,3)4/h5-7H,1-4H3/b6-5+. The summed E-state index contributed by atoms with van der Waals surface area (Å²) >= 11 is 0. The van der Waals surface area contributed by atoms with E-state index in [1.807, 2.05) is 0 Å². The smallest absolute Gasteiger partial charge is 0.394 e. The molecule has 0 bridgehead atoms. The summed E-state index contributed by atoms with van der Waals surface area (Å²) in [6, 6.07) is 0. The first-order chi connectivity index (χ1) is 6.52. The molecule has 0 aliphatic heterocycles. The number of hydrogen-bond donors (Lipinski definition) is 0. The van der Waals surface area contributed by atoms with E-state index < -0.39 is 23.7 Å². The van der Waals surface area contributed by atoms with Crippen molar-refractivity contribution >= 4 is 5.97 Å². The van der Waals surface area contributed by atoms with Crippen LogP contribution in [-0.2, 0) is 9.53 Å². The largest absolute Gasteiger partial charge is 0.457 e. The van der Waals surface area contributed by atoms with E-state index in [2.05, 4.69) is 0 Å². The van der Waals surface area contributed by atoms with Gasteiger partial charge in [-0.1, -0.05) is 13.0 Å². The number of alkyl halides is 3. The van der Waals surface area contributed by atoms with Crippen LogP contribution >= 0.6 is 0 Å². The Balaban J connectivity index is 4.25. The fraction of sp³-hybridized carbons (Fsp3) is 0.700. The number of carbonyl (C=O) groups is 1. The molecule has 0 amide bonds. The molecule has 0 spiro atoms. The molecule has 1 unspecified atom stereocenters. The van der Waals surface area contributed by atoms with Gasteiger partial charge in [0.1, 0.15) is 5.60 Å². The Hall–Kier alpha value is -1.00.